The molecule has 4 N–H and O–H groups in total. The van der Waals surface area contributed by atoms with E-state index in [1.165, 1.54) is 6.33 Å². The molecular formula is C13H12N4O. The number of aromatic nitrogens is 3. The Morgan fingerprint density at radius 2 is 2.00 bits per heavy atom. The smallest absolute Gasteiger partial charge is 0.275 e. The lowest BCUT2D eigenvalue weighted by molar-refractivity contribution is 1.15. The van der Waals surface area contributed by atoms with Gasteiger partial charge >= 0.3 is 0 Å². The molecule has 2 aromatic heterocycles. The Balaban J connectivity index is 2.17. The molecule has 0 saturated carbocycles. The fourth-order valence-electron chi connectivity index (χ4n) is 2.06. The number of nitrogens with two attached hydrogens (primary N) is 1. The number of nitrogens with zero attached hydrogens (tertiary/aromatic N) is 1. The Hall–Kier alpha value is -2.56. The summed E-state index contributed by atoms with van der Waals surface area (Å²) in [5.74, 6) is 0.378. The molecule has 0 spiro atoms. The van der Waals surface area contributed by atoms with Crippen LogP contribution in [0, 0.1) is 0 Å². The summed E-state index contributed by atoms with van der Waals surface area (Å²) in [6.45, 7) is 0. The summed E-state index contributed by atoms with van der Waals surface area (Å²) in [4.78, 5) is 21.3. The van der Waals surface area contributed by atoms with Crippen LogP contribution < -0.4 is 11.3 Å². The van der Waals surface area contributed by atoms with Gasteiger partial charge in [-0.1, -0.05) is 30.3 Å². The highest BCUT2D eigenvalue weighted by Gasteiger charge is 2.11. The lowest BCUT2D eigenvalue weighted by atomic mass is 10.0. The van der Waals surface area contributed by atoms with Crippen molar-refractivity contribution in [1.82, 2.24) is 15.0 Å². The fourth-order valence-corrected chi connectivity index (χ4v) is 2.06. The zero-order chi connectivity index (χ0) is 12.5. The molecule has 1 aromatic carbocycles. The van der Waals surface area contributed by atoms with Gasteiger partial charge in [-0.05, 0) is 5.56 Å². The lowest BCUT2D eigenvalue weighted by Crippen LogP contribution is -2.12. The van der Waals surface area contributed by atoms with Crippen LogP contribution in [0.2, 0.25) is 0 Å². The molecular weight excluding hydrogens is 228 g/mol. The molecule has 3 rings (SSSR count). The Morgan fingerprint density at radius 3 is 2.78 bits per heavy atom. The number of imidazole rings is 1. The minimum atomic E-state index is -0.239. The van der Waals surface area contributed by atoms with Crippen LogP contribution in [0.15, 0.2) is 41.5 Å². The predicted molar refractivity (Wildman–Crippen MR) is 70.4 cm³/mol. The van der Waals surface area contributed by atoms with E-state index in [1.54, 1.807) is 0 Å². The number of anilines is 1. The van der Waals surface area contributed by atoms with Crippen LogP contribution >= 0.6 is 0 Å². The van der Waals surface area contributed by atoms with Crippen LogP contribution in [0.4, 0.5) is 5.82 Å². The second kappa shape index (κ2) is 4.03. The van der Waals surface area contributed by atoms with Crippen LogP contribution in [-0.2, 0) is 6.42 Å². The third kappa shape index (κ3) is 1.66. The summed E-state index contributed by atoms with van der Waals surface area (Å²) in [7, 11) is 0. The van der Waals surface area contributed by atoms with Crippen LogP contribution in [0.25, 0.3) is 11.0 Å². The summed E-state index contributed by atoms with van der Waals surface area (Å²) in [5, 5.41) is 0. The third-order valence-corrected chi connectivity index (χ3v) is 2.95. The van der Waals surface area contributed by atoms with Gasteiger partial charge in [-0.25, -0.2) is 4.98 Å². The normalized spacial score (nSPS) is 10.9. The van der Waals surface area contributed by atoms with Crippen LogP contribution in [0.3, 0.4) is 0 Å². The molecule has 0 fully saturated rings. The zero-order valence-corrected chi connectivity index (χ0v) is 9.60. The van der Waals surface area contributed by atoms with Gasteiger partial charge in [0.1, 0.15) is 16.9 Å². The average Bonchev–Trinajstić information content (AvgIpc) is 2.85. The molecule has 2 heterocycles. The van der Waals surface area contributed by atoms with Crippen LogP contribution in [-0.4, -0.2) is 15.0 Å². The lowest BCUT2D eigenvalue weighted by Gasteiger charge is -2.06. The predicted octanol–water partition coefficient (Wildman–Crippen LogP) is 1.42. The van der Waals surface area contributed by atoms with Crippen molar-refractivity contribution >= 4 is 16.9 Å². The molecule has 3 aromatic rings. The number of fused-ring (bicyclic) bond motifs is 1. The number of nitrogen functional groups attached to an aromatic ring is 1. The molecule has 0 aliphatic heterocycles. The number of benzene rings is 1. The molecule has 0 radical (unpaired) electrons. The number of rotatable bonds is 2. The quantitative estimate of drug-likeness (QED) is 0.633. The van der Waals surface area contributed by atoms with Gasteiger partial charge in [0.15, 0.2) is 0 Å². The maximum absolute atomic E-state index is 11.7. The number of nitrogens with one attached hydrogen (secondary N) is 2. The van der Waals surface area contributed by atoms with Gasteiger partial charge in [0.05, 0.1) is 6.33 Å². The molecule has 90 valence electrons. The first kappa shape index (κ1) is 10.6. The molecule has 0 saturated heterocycles. The Morgan fingerprint density at radius 1 is 1.22 bits per heavy atom. The number of aromatic amines is 2. The van der Waals surface area contributed by atoms with Crippen molar-refractivity contribution in [3.63, 3.8) is 0 Å². The molecule has 5 heteroatoms. The van der Waals surface area contributed by atoms with E-state index >= 15 is 0 Å². The van der Waals surface area contributed by atoms with Gasteiger partial charge in [0.25, 0.3) is 5.56 Å². The minimum Gasteiger partial charge on any atom is -0.385 e. The molecule has 0 atom stereocenters. The maximum atomic E-state index is 11.7. The number of hydrogen-bond acceptors (Lipinski definition) is 3. The summed E-state index contributed by atoms with van der Waals surface area (Å²) in [6.07, 6.45) is 2.15. The molecule has 0 amide bonds. The standard InChI is InChI=1S/C13H12N4O/c14-12-9(6-8-4-2-1-3-5-8)10-11(13(18)17-12)16-7-15-10/h1-5,7H,6H2,(H,15,16)(H3,14,17,18). The van der Waals surface area contributed by atoms with E-state index in [4.69, 9.17) is 5.73 Å². The SMILES string of the molecule is Nc1[nH]c(=O)c2[nH]cnc2c1Cc1ccccc1. The average molecular weight is 240 g/mol. The minimum absolute atomic E-state index is 0.239. The first-order valence-corrected chi connectivity index (χ1v) is 5.63. The fraction of sp³-hybridized carbons (Fsp3) is 0.0769. The van der Waals surface area contributed by atoms with Crippen molar-refractivity contribution < 1.29 is 0 Å². The maximum Gasteiger partial charge on any atom is 0.275 e. The van der Waals surface area contributed by atoms with Crippen molar-refractivity contribution in [1.29, 1.82) is 0 Å². The van der Waals surface area contributed by atoms with Crippen molar-refractivity contribution in [3.05, 3.63) is 58.1 Å². The summed E-state index contributed by atoms with van der Waals surface area (Å²) < 4.78 is 0. The van der Waals surface area contributed by atoms with Crippen molar-refractivity contribution in [2.45, 2.75) is 6.42 Å². The highest BCUT2D eigenvalue weighted by atomic mass is 16.1. The van der Waals surface area contributed by atoms with Crippen molar-refractivity contribution in [2.75, 3.05) is 5.73 Å². The van der Waals surface area contributed by atoms with Crippen molar-refractivity contribution in [3.8, 4) is 0 Å². The summed E-state index contributed by atoms with van der Waals surface area (Å²) >= 11 is 0. The van der Waals surface area contributed by atoms with E-state index in [2.05, 4.69) is 15.0 Å². The summed E-state index contributed by atoms with van der Waals surface area (Å²) in [5.41, 5.74) is 8.72. The van der Waals surface area contributed by atoms with Gasteiger partial charge in [-0.15, -0.1) is 0 Å². The van der Waals surface area contributed by atoms with E-state index < -0.39 is 0 Å². The van der Waals surface area contributed by atoms with E-state index in [-0.39, 0.29) is 5.56 Å². The van der Waals surface area contributed by atoms with Gasteiger partial charge < -0.3 is 15.7 Å². The Kier molecular flexibility index (Phi) is 2.37. The number of pyridine rings is 1. The third-order valence-electron chi connectivity index (χ3n) is 2.95. The second-order valence-electron chi connectivity index (χ2n) is 4.13. The molecule has 18 heavy (non-hydrogen) atoms. The van der Waals surface area contributed by atoms with E-state index in [9.17, 15) is 4.79 Å². The Bertz CT molecular complexity index is 743. The first-order valence-electron chi connectivity index (χ1n) is 5.63. The zero-order valence-electron chi connectivity index (χ0n) is 9.60. The molecule has 0 aliphatic carbocycles. The molecule has 5 nitrogen and oxygen atoms in total. The van der Waals surface area contributed by atoms with Crippen LogP contribution in [0.5, 0.6) is 0 Å². The highest BCUT2D eigenvalue weighted by molar-refractivity contribution is 5.81. The van der Waals surface area contributed by atoms with Gasteiger partial charge in [0, 0.05) is 12.0 Å². The largest absolute Gasteiger partial charge is 0.385 e. The first-order chi connectivity index (χ1) is 8.75. The van der Waals surface area contributed by atoms with E-state index in [0.717, 1.165) is 11.1 Å². The second-order valence-corrected chi connectivity index (χ2v) is 4.13. The molecule has 0 aliphatic rings. The van der Waals surface area contributed by atoms with Gasteiger partial charge in [-0.3, -0.25) is 4.79 Å². The van der Waals surface area contributed by atoms with E-state index in [0.29, 0.717) is 23.3 Å². The Labute approximate surface area is 103 Å². The van der Waals surface area contributed by atoms with Crippen molar-refractivity contribution in [2.24, 2.45) is 0 Å². The number of hydrogen-bond donors (Lipinski definition) is 3. The molecule has 0 bridgehead atoms. The molecule has 0 unspecified atom stereocenters. The topological polar surface area (TPSA) is 87.6 Å². The summed E-state index contributed by atoms with van der Waals surface area (Å²) in [6, 6.07) is 9.94. The highest BCUT2D eigenvalue weighted by Crippen LogP contribution is 2.20. The van der Waals surface area contributed by atoms with Gasteiger partial charge in [-0.2, -0.15) is 0 Å². The monoisotopic (exact) mass is 240 g/mol. The number of H-pyrrole nitrogens is 2. The van der Waals surface area contributed by atoms with Gasteiger partial charge in [0.2, 0.25) is 0 Å². The van der Waals surface area contributed by atoms with E-state index in [1.807, 2.05) is 30.3 Å². The van der Waals surface area contributed by atoms with Crippen LogP contribution in [0.1, 0.15) is 11.1 Å².